The third-order valence-electron chi connectivity index (χ3n) is 13.5. The van der Waals surface area contributed by atoms with Crippen LogP contribution in [0.5, 0.6) is 0 Å². The standard InChI is InChI=1S/C59H113NO5/c1-3-5-7-9-11-13-15-16-17-22-25-28-32-35-39-43-47-51-57(62)56(55-61)60-58(63)52-48-44-40-36-33-29-26-23-20-18-19-21-24-27-30-34-38-42-46-50-54-65-59(64)53-49-45-41-37-31-14-12-10-8-6-4-2/h18,20,47,51,56-57,61-62H,3-17,19,21-46,48-50,52-55H2,1-2H3,(H,60,63)/b20-18-,51-47+. The molecule has 0 aromatic carbocycles. The monoisotopic (exact) mass is 916 g/mol. The van der Waals surface area contributed by atoms with Gasteiger partial charge in [0.25, 0.3) is 0 Å². The molecule has 0 heterocycles. The van der Waals surface area contributed by atoms with Gasteiger partial charge in [-0.1, -0.05) is 269 Å². The average Bonchev–Trinajstić information content (AvgIpc) is 3.31. The number of hydrogen-bond donors (Lipinski definition) is 3. The molecule has 6 nitrogen and oxygen atoms in total. The Kier molecular flexibility index (Phi) is 53.5. The van der Waals surface area contributed by atoms with Gasteiger partial charge in [-0.15, -0.1) is 0 Å². The highest BCUT2D eigenvalue weighted by molar-refractivity contribution is 5.76. The zero-order chi connectivity index (χ0) is 47.2. The minimum Gasteiger partial charge on any atom is -0.466 e. The fraction of sp³-hybridized carbons (Fsp3) is 0.898. The molecule has 3 N–H and O–H groups in total. The van der Waals surface area contributed by atoms with E-state index in [1.807, 2.05) is 6.08 Å². The van der Waals surface area contributed by atoms with Gasteiger partial charge in [-0.25, -0.2) is 0 Å². The second-order valence-electron chi connectivity index (χ2n) is 20.0. The van der Waals surface area contributed by atoms with Gasteiger partial charge in [-0.05, 0) is 57.8 Å². The predicted octanol–water partition coefficient (Wildman–Crippen LogP) is 17.9. The van der Waals surface area contributed by atoms with Gasteiger partial charge >= 0.3 is 5.97 Å². The number of amides is 1. The van der Waals surface area contributed by atoms with Crippen LogP contribution in [0.25, 0.3) is 0 Å². The van der Waals surface area contributed by atoms with Crippen LogP contribution in [-0.4, -0.2) is 47.4 Å². The summed E-state index contributed by atoms with van der Waals surface area (Å²) in [6.07, 6.45) is 66.3. The van der Waals surface area contributed by atoms with Gasteiger partial charge in [0.15, 0.2) is 0 Å². The van der Waals surface area contributed by atoms with E-state index in [-0.39, 0.29) is 18.5 Å². The molecular formula is C59H113NO5. The minimum absolute atomic E-state index is 0.00533. The van der Waals surface area contributed by atoms with Crippen LogP contribution in [0.1, 0.15) is 316 Å². The molecule has 0 aromatic heterocycles. The highest BCUT2D eigenvalue weighted by atomic mass is 16.5. The number of hydrogen-bond acceptors (Lipinski definition) is 5. The molecule has 0 fully saturated rings. The summed E-state index contributed by atoms with van der Waals surface area (Å²) in [7, 11) is 0. The molecule has 0 radical (unpaired) electrons. The van der Waals surface area contributed by atoms with Crippen LogP contribution in [0.3, 0.4) is 0 Å². The zero-order valence-corrected chi connectivity index (χ0v) is 43.7. The number of esters is 1. The van der Waals surface area contributed by atoms with Crippen molar-refractivity contribution in [1.29, 1.82) is 0 Å². The number of unbranched alkanes of at least 4 members (excludes halogenated alkanes) is 41. The van der Waals surface area contributed by atoms with Crippen molar-refractivity contribution < 1.29 is 24.5 Å². The second kappa shape index (κ2) is 54.9. The molecule has 0 saturated carbocycles. The van der Waals surface area contributed by atoms with Crippen molar-refractivity contribution in [3.8, 4) is 0 Å². The molecule has 384 valence electrons. The third kappa shape index (κ3) is 51.6. The van der Waals surface area contributed by atoms with Crippen molar-refractivity contribution in [1.82, 2.24) is 5.32 Å². The SMILES string of the molecule is CCCCCCCCCCCCCCCCC/C=C/C(O)C(CO)NC(=O)CCCCCCCCC/C=C\CCCCCCCCCCCOC(=O)CCCCCCCCCCCCC. The summed E-state index contributed by atoms with van der Waals surface area (Å²) in [6.45, 7) is 4.90. The summed E-state index contributed by atoms with van der Waals surface area (Å²) in [5.41, 5.74) is 0. The van der Waals surface area contributed by atoms with Crippen LogP contribution >= 0.6 is 0 Å². The fourth-order valence-corrected chi connectivity index (χ4v) is 8.98. The highest BCUT2D eigenvalue weighted by Crippen LogP contribution is 2.17. The Bertz CT molecular complexity index is 1010. The lowest BCUT2D eigenvalue weighted by Gasteiger charge is -2.20. The molecule has 0 bridgehead atoms. The maximum Gasteiger partial charge on any atom is 0.305 e. The molecule has 0 aliphatic heterocycles. The van der Waals surface area contributed by atoms with Gasteiger partial charge in [-0.2, -0.15) is 0 Å². The topological polar surface area (TPSA) is 95.9 Å². The Hall–Kier alpha value is -1.66. The summed E-state index contributed by atoms with van der Waals surface area (Å²) in [4.78, 5) is 24.4. The largest absolute Gasteiger partial charge is 0.466 e. The van der Waals surface area contributed by atoms with E-state index in [1.165, 1.54) is 238 Å². The van der Waals surface area contributed by atoms with E-state index in [0.717, 1.165) is 51.4 Å². The molecule has 0 aliphatic carbocycles. The van der Waals surface area contributed by atoms with Gasteiger partial charge in [0.1, 0.15) is 0 Å². The molecular weight excluding hydrogens is 803 g/mol. The van der Waals surface area contributed by atoms with Crippen molar-refractivity contribution in [2.75, 3.05) is 13.2 Å². The molecule has 0 aromatic rings. The Balaban J connectivity index is 3.47. The molecule has 65 heavy (non-hydrogen) atoms. The number of allylic oxidation sites excluding steroid dienone is 3. The summed E-state index contributed by atoms with van der Waals surface area (Å²) >= 11 is 0. The predicted molar refractivity (Wildman–Crippen MR) is 283 cm³/mol. The summed E-state index contributed by atoms with van der Waals surface area (Å²) < 4.78 is 5.46. The van der Waals surface area contributed by atoms with E-state index in [0.29, 0.717) is 19.4 Å². The highest BCUT2D eigenvalue weighted by Gasteiger charge is 2.18. The van der Waals surface area contributed by atoms with E-state index < -0.39 is 12.1 Å². The first-order valence-electron chi connectivity index (χ1n) is 29.1. The Labute approximate surface area is 405 Å². The number of aliphatic hydroxyl groups excluding tert-OH is 2. The molecule has 0 spiro atoms. The average molecular weight is 917 g/mol. The van der Waals surface area contributed by atoms with Crippen LogP contribution in [0, 0.1) is 0 Å². The number of aliphatic hydroxyl groups is 2. The number of carbonyl (C=O) groups is 2. The lowest BCUT2D eigenvalue weighted by molar-refractivity contribution is -0.143. The third-order valence-corrected chi connectivity index (χ3v) is 13.5. The number of carbonyl (C=O) groups excluding carboxylic acids is 2. The van der Waals surface area contributed by atoms with E-state index in [2.05, 4.69) is 31.3 Å². The van der Waals surface area contributed by atoms with Gasteiger partial charge in [0.05, 0.1) is 25.4 Å². The zero-order valence-electron chi connectivity index (χ0n) is 43.7. The first kappa shape index (κ1) is 63.3. The maximum atomic E-state index is 12.5. The van der Waals surface area contributed by atoms with Gasteiger partial charge in [-0.3, -0.25) is 9.59 Å². The molecule has 0 saturated heterocycles. The Morgan fingerprint density at radius 1 is 0.415 bits per heavy atom. The van der Waals surface area contributed by atoms with Crippen molar-refractivity contribution in [2.45, 2.75) is 328 Å². The van der Waals surface area contributed by atoms with E-state index >= 15 is 0 Å². The van der Waals surface area contributed by atoms with Gasteiger partial charge in [0.2, 0.25) is 5.91 Å². The number of nitrogens with one attached hydrogen (secondary N) is 1. The van der Waals surface area contributed by atoms with E-state index in [9.17, 15) is 19.8 Å². The van der Waals surface area contributed by atoms with Crippen molar-refractivity contribution >= 4 is 11.9 Å². The first-order chi connectivity index (χ1) is 32.0. The van der Waals surface area contributed by atoms with Gasteiger partial charge in [0, 0.05) is 12.8 Å². The van der Waals surface area contributed by atoms with E-state index in [1.54, 1.807) is 6.08 Å². The summed E-state index contributed by atoms with van der Waals surface area (Å²) in [5.74, 6) is -0.0695. The van der Waals surface area contributed by atoms with Crippen molar-refractivity contribution in [2.24, 2.45) is 0 Å². The number of ether oxygens (including phenoxy) is 1. The first-order valence-corrected chi connectivity index (χ1v) is 29.1. The second-order valence-corrected chi connectivity index (χ2v) is 20.0. The van der Waals surface area contributed by atoms with Crippen LogP contribution in [0.4, 0.5) is 0 Å². The van der Waals surface area contributed by atoms with Crippen LogP contribution < -0.4 is 5.32 Å². The van der Waals surface area contributed by atoms with Crippen molar-refractivity contribution in [3.63, 3.8) is 0 Å². The smallest absolute Gasteiger partial charge is 0.305 e. The molecule has 0 rings (SSSR count). The normalized spacial score (nSPS) is 12.7. The molecule has 0 aliphatic rings. The molecule has 2 atom stereocenters. The van der Waals surface area contributed by atoms with E-state index in [4.69, 9.17) is 4.74 Å². The minimum atomic E-state index is -0.849. The summed E-state index contributed by atoms with van der Waals surface area (Å²) in [6, 6.07) is -0.634. The van der Waals surface area contributed by atoms with Gasteiger partial charge < -0.3 is 20.3 Å². The number of rotatable bonds is 54. The fourth-order valence-electron chi connectivity index (χ4n) is 8.98. The Morgan fingerprint density at radius 2 is 0.723 bits per heavy atom. The summed E-state index contributed by atoms with van der Waals surface area (Å²) in [5, 5.41) is 23.1. The quantitative estimate of drug-likeness (QED) is 0.0321. The van der Waals surface area contributed by atoms with Crippen LogP contribution in [0.2, 0.25) is 0 Å². The molecule has 6 heteroatoms. The molecule has 1 amide bonds. The lowest BCUT2D eigenvalue weighted by Crippen LogP contribution is -2.45. The van der Waals surface area contributed by atoms with Crippen LogP contribution in [-0.2, 0) is 14.3 Å². The van der Waals surface area contributed by atoms with Crippen LogP contribution in [0.15, 0.2) is 24.3 Å². The lowest BCUT2D eigenvalue weighted by atomic mass is 10.0. The maximum absolute atomic E-state index is 12.5. The molecule has 2 unspecified atom stereocenters. The Morgan fingerprint density at radius 3 is 1.09 bits per heavy atom. The van der Waals surface area contributed by atoms with Crippen molar-refractivity contribution in [3.05, 3.63) is 24.3 Å².